The van der Waals surface area contributed by atoms with Crippen LogP contribution in [-0.2, 0) is 6.42 Å². The van der Waals surface area contributed by atoms with Gasteiger partial charge in [0.05, 0.1) is 0 Å². The highest BCUT2D eigenvalue weighted by molar-refractivity contribution is 5.32. The topological polar surface area (TPSA) is 48.1 Å². The lowest BCUT2D eigenvalue weighted by Gasteiger charge is -2.09. The third-order valence-electron chi connectivity index (χ3n) is 3.12. The number of pyridine rings is 1. The molecule has 1 aromatic carbocycles. The number of rotatable bonds is 5. The molecule has 3 nitrogen and oxygen atoms in total. The highest BCUT2D eigenvalue weighted by atomic mass is 16.5. The van der Waals surface area contributed by atoms with Gasteiger partial charge in [0, 0.05) is 18.3 Å². The third kappa shape index (κ3) is 4.07. The van der Waals surface area contributed by atoms with Crippen LogP contribution in [0.15, 0.2) is 42.6 Å². The summed E-state index contributed by atoms with van der Waals surface area (Å²) in [5, 5.41) is 0. The van der Waals surface area contributed by atoms with E-state index in [4.69, 9.17) is 10.5 Å². The van der Waals surface area contributed by atoms with Gasteiger partial charge in [0.15, 0.2) is 0 Å². The molecule has 0 bridgehead atoms. The van der Waals surface area contributed by atoms with E-state index in [0.29, 0.717) is 11.8 Å². The van der Waals surface area contributed by atoms with Crippen molar-refractivity contribution in [2.45, 2.75) is 39.2 Å². The van der Waals surface area contributed by atoms with Crippen molar-refractivity contribution in [3.05, 3.63) is 53.7 Å². The maximum absolute atomic E-state index is 5.77. The molecule has 0 fully saturated rings. The highest BCUT2D eigenvalue weighted by Crippen LogP contribution is 2.22. The van der Waals surface area contributed by atoms with Crippen molar-refractivity contribution in [2.75, 3.05) is 0 Å². The minimum atomic E-state index is 0.146. The number of benzene rings is 1. The largest absolute Gasteiger partial charge is 0.439 e. The lowest BCUT2D eigenvalue weighted by Crippen LogP contribution is -2.17. The third-order valence-corrected chi connectivity index (χ3v) is 3.12. The fourth-order valence-corrected chi connectivity index (χ4v) is 2.01. The molecule has 0 radical (unpaired) electrons. The van der Waals surface area contributed by atoms with Gasteiger partial charge >= 0.3 is 0 Å². The van der Waals surface area contributed by atoms with Gasteiger partial charge in [0.2, 0.25) is 5.88 Å². The molecule has 1 atom stereocenters. The van der Waals surface area contributed by atoms with Gasteiger partial charge in [-0.05, 0) is 42.5 Å². The Balaban J connectivity index is 2.02. The van der Waals surface area contributed by atoms with Crippen molar-refractivity contribution in [3.63, 3.8) is 0 Å². The molecule has 0 aliphatic carbocycles. The molecule has 0 spiro atoms. The van der Waals surface area contributed by atoms with Crippen molar-refractivity contribution in [2.24, 2.45) is 5.73 Å². The summed E-state index contributed by atoms with van der Waals surface area (Å²) >= 11 is 0. The Morgan fingerprint density at radius 2 is 1.75 bits per heavy atom. The van der Waals surface area contributed by atoms with E-state index in [1.165, 1.54) is 5.56 Å². The van der Waals surface area contributed by atoms with Gasteiger partial charge in [0.25, 0.3) is 0 Å². The Bertz CT molecular complexity index is 530. The number of ether oxygens (including phenoxy) is 1. The second-order valence-corrected chi connectivity index (χ2v) is 5.51. The normalized spacial score (nSPS) is 12.4. The SMILES string of the molecule is CC(N)Cc1ccc(Oc2ccc(C(C)C)cc2)nc1. The van der Waals surface area contributed by atoms with Crippen molar-refractivity contribution < 1.29 is 4.74 Å². The monoisotopic (exact) mass is 270 g/mol. The molecule has 0 amide bonds. The zero-order valence-electron chi connectivity index (χ0n) is 12.3. The Labute approximate surface area is 120 Å². The summed E-state index contributed by atoms with van der Waals surface area (Å²) in [4.78, 5) is 4.31. The lowest BCUT2D eigenvalue weighted by molar-refractivity contribution is 0.462. The second-order valence-electron chi connectivity index (χ2n) is 5.51. The van der Waals surface area contributed by atoms with Crippen LogP contribution in [0.1, 0.15) is 37.8 Å². The van der Waals surface area contributed by atoms with Crippen LogP contribution in [0.5, 0.6) is 11.6 Å². The van der Waals surface area contributed by atoms with Crippen molar-refractivity contribution in [1.82, 2.24) is 4.98 Å². The molecule has 2 N–H and O–H groups in total. The first-order valence-electron chi connectivity index (χ1n) is 7.03. The average molecular weight is 270 g/mol. The Morgan fingerprint density at radius 3 is 2.25 bits per heavy atom. The zero-order chi connectivity index (χ0) is 14.5. The molecule has 0 aliphatic rings. The summed E-state index contributed by atoms with van der Waals surface area (Å²) in [6.45, 7) is 6.34. The average Bonchev–Trinajstić information content (AvgIpc) is 2.41. The van der Waals surface area contributed by atoms with Gasteiger partial charge in [0.1, 0.15) is 5.75 Å². The summed E-state index contributed by atoms with van der Waals surface area (Å²) in [7, 11) is 0. The van der Waals surface area contributed by atoms with Crippen LogP contribution in [0.25, 0.3) is 0 Å². The molecule has 0 aliphatic heterocycles. The maximum atomic E-state index is 5.77. The predicted octanol–water partition coefficient (Wildman–Crippen LogP) is 3.89. The maximum Gasteiger partial charge on any atom is 0.219 e. The summed E-state index contributed by atoms with van der Waals surface area (Å²) in [6, 6.07) is 12.2. The van der Waals surface area contributed by atoms with Crippen molar-refractivity contribution in [3.8, 4) is 11.6 Å². The Hall–Kier alpha value is -1.87. The van der Waals surface area contributed by atoms with E-state index >= 15 is 0 Å². The number of aromatic nitrogens is 1. The van der Waals surface area contributed by atoms with E-state index in [-0.39, 0.29) is 6.04 Å². The van der Waals surface area contributed by atoms with E-state index in [9.17, 15) is 0 Å². The number of hydrogen-bond acceptors (Lipinski definition) is 3. The molecular formula is C17H22N2O. The number of nitrogens with zero attached hydrogens (tertiary/aromatic N) is 1. The summed E-state index contributed by atoms with van der Waals surface area (Å²) in [5.74, 6) is 1.94. The van der Waals surface area contributed by atoms with Crippen LogP contribution in [-0.4, -0.2) is 11.0 Å². The molecule has 3 heteroatoms. The van der Waals surface area contributed by atoms with Gasteiger partial charge in [-0.15, -0.1) is 0 Å². The smallest absolute Gasteiger partial charge is 0.219 e. The second kappa shape index (κ2) is 6.53. The van der Waals surface area contributed by atoms with E-state index < -0.39 is 0 Å². The minimum absolute atomic E-state index is 0.146. The fraction of sp³-hybridized carbons (Fsp3) is 0.353. The van der Waals surface area contributed by atoms with Crippen LogP contribution >= 0.6 is 0 Å². The standard InChI is InChI=1S/C17H22N2O/c1-12(2)15-5-7-16(8-6-15)20-17-9-4-14(11-19-17)10-13(3)18/h4-9,11-13H,10,18H2,1-3H3. The van der Waals surface area contributed by atoms with Gasteiger partial charge in [-0.2, -0.15) is 0 Å². The first-order valence-corrected chi connectivity index (χ1v) is 7.03. The molecule has 2 aromatic rings. The fourth-order valence-electron chi connectivity index (χ4n) is 2.01. The van der Waals surface area contributed by atoms with E-state index in [0.717, 1.165) is 17.7 Å². The van der Waals surface area contributed by atoms with Crippen LogP contribution in [0.2, 0.25) is 0 Å². The molecule has 1 aromatic heterocycles. The highest BCUT2D eigenvalue weighted by Gasteiger charge is 2.03. The molecule has 0 saturated carbocycles. The number of hydrogen-bond donors (Lipinski definition) is 1. The first kappa shape index (κ1) is 14.5. The van der Waals surface area contributed by atoms with Crippen LogP contribution in [0.3, 0.4) is 0 Å². The summed E-state index contributed by atoms with van der Waals surface area (Å²) in [5.41, 5.74) is 8.20. The van der Waals surface area contributed by atoms with Crippen molar-refractivity contribution in [1.29, 1.82) is 0 Å². The molecule has 20 heavy (non-hydrogen) atoms. The molecule has 2 rings (SSSR count). The quantitative estimate of drug-likeness (QED) is 0.896. The van der Waals surface area contributed by atoms with E-state index in [1.54, 1.807) is 0 Å². The van der Waals surface area contributed by atoms with Crippen LogP contribution in [0.4, 0.5) is 0 Å². The first-order chi connectivity index (χ1) is 9.54. The molecule has 0 saturated heterocycles. The van der Waals surface area contributed by atoms with Crippen LogP contribution < -0.4 is 10.5 Å². The van der Waals surface area contributed by atoms with Gasteiger partial charge in [-0.3, -0.25) is 0 Å². The predicted molar refractivity (Wildman–Crippen MR) is 82.2 cm³/mol. The Kier molecular flexibility index (Phi) is 4.74. The number of nitrogens with two attached hydrogens (primary N) is 1. The molecular weight excluding hydrogens is 248 g/mol. The Morgan fingerprint density at radius 1 is 1.05 bits per heavy atom. The lowest BCUT2D eigenvalue weighted by atomic mass is 10.0. The van der Waals surface area contributed by atoms with E-state index in [2.05, 4.69) is 31.0 Å². The van der Waals surface area contributed by atoms with Crippen LogP contribution in [0, 0.1) is 0 Å². The zero-order valence-corrected chi connectivity index (χ0v) is 12.3. The minimum Gasteiger partial charge on any atom is -0.439 e. The summed E-state index contributed by atoms with van der Waals surface area (Å²) < 4.78 is 5.73. The van der Waals surface area contributed by atoms with Gasteiger partial charge < -0.3 is 10.5 Å². The molecule has 1 heterocycles. The molecule has 1 unspecified atom stereocenters. The summed E-state index contributed by atoms with van der Waals surface area (Å²) in [6.07, 6.45) is 2.65. The van der Waals surface area contributed by atoms with Crippen molar-refractivity contribution >= 4 is 0 Å². The van der Waals surface area contributed by atoms with E-state index in [1.807, 2.05) is 37.4 Å². The van der Waals surface area contributed by atoms with Gasteiger partial charge in [-0.1, -0.05) is 32.0 Å². The van der Waals surface area contributed by atoms with Gasteiger partial charge in [-0.25, -0.2) is 4.98 Å². The molecule has 106 valence electrons.